The van der Waals surface area contributed by atoms with Gasteiger partial charge in [-0.25, -0.2) is 9.66 Å². The quantitative estimate of drug-likeness (QED) is 0.730. The van der Waals surface area contributed by atoms with Crippen molar-refractivity contribution in [2.24, 2.45) is 0 Å². The zero-order valence-electron chi connectivity index (χ0n) is 13.8. The van der Waals surface area contributed by atoms with E-state index < -0.39 is 5.91 Å². The maximum Gasteiger partial charge on any atom is 0.281 e. The molecule has 1 aromatic carbocycles. The van der Waals surface area contributed by atoms with Crippen molar-refractivity contribution < 1.29 is 14.3 Å². The fourth-order valence-corrected chi connectivity index (χ4v) is 3.09. The van der Waals surface area contributed by atoms with Gasteiger partial charge in [-0.2, -0.15) is 0 Å². The number of amides is 1. The Morgan fingerprint density at radius 3 is 2.68 bits per heavy atom. The number of thiophene rings is 1. The van der Waals surface area contributed by atoms with Crippen LogP contribution in [-0.2, 0) is 4.79 Å². The number of nitrogens with one attached hydrogen (secondary N) is 1. The second-order valence-corrected chi connectivity index (χ2v) is 6.04. The molecule has 0 fully saturated rings. The Labute approximate surface area is 147 Å². The lowest BCUT2D eigenvalue weighted by atomic mass is 10.3. The molecule has 2 heterocycles. The smallest absolute Gasteiger partial charge is 0.281 e. The molecule has 1 amide bonds. The number of ether oxygens (including phenoxy) is 2. The second kappa shape index (κ2) is 7.35. The number of nitrogens with zero attached hydrogens (tertiary/aromatic N) is 2. The molecular weight excluding hydrogens is 342 g/mol. The van der Waals surface area contributed by atoms with Gasteiger partial charge in [0.25, 0.3) is 11.5 Å². The van der Waals surface area contributed by atoms with Crippen molar-refractivity contribution in [2.45, 2.75) is 13.8 Å². The molecule has 3 rings (SSSR count). The summed E-state index contributed by atoms with van der Waals surface area (Å²) < 4.78 is 12.1. The Morgan fingerprint density at radius 1 is 1.24 bits per heavy atom. The maximum absolute atomic E-state index is 12.4. The van der Waals surface area contributed by atoms with Crippen LogP contribution >= 0.6 is 11.3 Å². The highest BCUT2D eigenvalue weighted by atomic mass is 32.1. The highest BCUT2D eigenvalue weighted by molar-refractivity contribution is 7.16. The molecule has 1 N–H and O–H groups in total. The third-order valence-corrected chi connectivity index (χ3v) is 4.22. The van der Waals surface area contributed by atoms with Crippen LogP contribution in [0, 0.1) is 6.92 Å². The van der Waals surface area contributed by atoms with Crippen molar-refractivity contribution in [1.29, 1.82) is 0 Å². The Balaban J connectivity index is 1.72. The van der Waals surface area contributed by atoms with Crippen LogP contribution in [0.4, 0.5) is 0 Å². The number of carbonyl (C=O) groups is 1. The fraction of sp³-hybridized carbons (Fsp3) is 0.235. The average molecular weight is 359 g/mol. The van der Waals surface area contributed by atoms with Gasteiger partial charge in [-0.3, -0.25) is 15.0 Å². The van der Waals surface area contributed by atoms with Crippen molar-refractivity contribution in [3.05, 3.63) is 51.9 Å². The summed E-state index contributed by atoms with van der Waals surface area (Å²) in [4.78, 5) is 29.5. The molecule has 0 aliphatic carbocycles. The zero-order chi connectivity index (χ0) is 17.8. The van der Waals surface area contributed by atoms with Crippen LogP contribution in [0.3, 0.4) is 0 Å². The molecule has 0 saturated carbocycles. The molecular formula is C17H17N3O4S. The van der Waals surface area contributed by atoms with Crippen LogP contribution in [-0.4, -0.2) is 28.8 Å². The van der Waals surface area contributed by atoms with Gasteiger partial charge in [0.15, 0.2) is 18.1 Å². The first kappa shape index (κ1) is 17.0. The SMILES string of the molecule is CCOc1ccccc1OCC(=O)Nn1c(C)nc2sccc2c1=O. The molecule has 0 bridgehead atoms. The summed E-state index contributed by atoms with van der Waals surface area (Å²) in [5.41, 5.74) is 2.21. The molecule has 130 valence electrons. The molecule has 3 aromatic rings. The minimum atomic E-state index is -0.465. The van der Waals surface area contributed by atoms with Gasteiger partial charge in [-0.1, -0.05) is 12.1 Å². The van der Waals surface area contributed by atoms with E-state index in [1.165, 1.54) is 11.3 Å². The molecule has 7 nitrogen and oxygen atoms in total. The van der Waals surface area contributed by atoms with Crippen LogP contribution in [0.2, 0.25) is 0 Å². The first-order valence-corrected chi connectivity index (χ1v) is 8.59. The van der Waals surface area contributed by atoms with Gasteiger partial charge in [0.2, 0.25) is 0 Å². The molecule has 0 spiro atoms. The molecule has 0 aliphatic heterocycles. The third kappa shape index (κ3) is 3.63. The van der Waals surface area contributed by atoms with Crippen molar-refractivity contribution in [3.8, 4) is 11.5 Å². The lowest BCUT2D eigenvalue weighted by Crippen LogP contribution is -2.37. The minimum absolute atomic E-state index is 0.252. The van der Waals surface area contributed by atoms with E-state index in [9.17, 15) is 9.59 Å². The Kier molecular flexibility index (Phi) is 4.99. The first-order chi connectivity index (χ1) is 12.1. The second-order valence-electron chi connectivity index (χ2n) is 5.14. The summed E-state index contributed by atoms with van der Waals surface area (Å²) in [6.45, 7) is 3.77. The van der Waals surface area contributed by atoms with E-state index >= 15 is 0 Å². The Hall–Kier alpha value is -2.87. The number of para-hydroxylation sites is 2. The van der Waals surface area contributed by atoms with Gasteiger partial charge in [-0.15, -0.1) is 11.3 Å². The number of hydrogen-bond acceptors (Lipinski definition) is 6. The third-order valence-electron chi connectivity index (χ3n) is 3.41. The van der Waals surface area contributed by atoms with E-state index in [0.29, 0.717) is 34.1 Å². The molecule has 0 saturated heterocycles. The summed E-state index contributed by atoms with van der Waals surface area (Å²) in [6.07, 6.45) is 0. The predicted molar refractivity (Wildman–Crippen MR) is 96.1 cm³/mol. The summed E-state index contributed by atoms with van der Waals surface area (Å²) in [5, 5.41) is 2.26. The minimum Gasteiger partial charge on any atom is -0.490 e. The van der Waals surface area contributed by atoms with E-state index in [-0.39, 0.29) is 12.2 Å². The van der Waals surface area contributed by atoms with Gasteiger partial charge in [0.1, 0.15) is 10.7 Å². The first-order valence-electron chi connectivity index (χ1n) is 7.71. The summed E-state index contributed by atoms with van der Waals surface area (Å²) in [6, 6.07) is 8.78. The lowest BCUT2D eigenvalue weighted by Gasteiger charge is -2.13. The lowest BCUT2D eigenvalue weighted by molar-refractivity contribution is -0.119. The van der Waals surface area contributed by atoms with Gasteiger partial charge >= 0.3 is 0 Å². The van der Waals surface area contributed by atoms with Crippen molar-refractivity contribution in [1.82, 2.24) is 9.66 Å². The van der Waals surface area contributed by atoms with E-state index in [1.54, 1.807) is 36.6 Å². The fourth-order valence-electron chi connectivity index (χ4n) is 2.29. The Morgan fingerprint density at radius 2 is 1.96 bits per heavy atom. The number of hydrogen-bond donors (Lipinski definition) is 1. The average Bonchev–Trinajstić information content (AvgIpc) is 3.06. The number of benzene rings is 1. The van der Waals surface area contributed by atoms with Gasteiger partial charge in [0, 0.05) is 0 Å². The maximum atomic E-state index is 12.4. The molecule has 2 aromatic heterocycles. The van der Waals surface area contributed by atoms with Crippen LogP contribution < -0.4 is 20.5 Å². The monoisotopic (exact) mass is 359 g/mol. The standard InChI is InChI=1S/C17H17N3O4S/c1-3-23-13-6-4-5-7-14(13)24-10-15(21)19-20-11(2)18-16-12(17(20)22)8-9-25-16/h4-9H,3,10H2,1-2H3,(H,19,21). The van der Waals surface area contributed by atoms with Crippen molar-refractivity contribution in [2.75, 3.05) is 18.6 Å². The molecule has 0 unspecified atom stereocenters. The molecule has 8 heteroatoms. The summed E-state index contributed by atoms with van der Waals surface area (Å²) in [7, 11) is 0. The highest BCUT2D eigenvalue weighted by Gasteiger charge is 2.13. The van der Waals surface area contributed by atoms with Gasteiger partial charge < -0.3 is 9.47 Å². The number of rotatable bonds is 6. The van der Waals surface area contributed by atoms with Crippen LogP contribution in [0.25, 0.3) is 10.2 Å². The van der Waals surface area contributed by atoms with Gasteiger partial charge in [0.05, 0.1) is 12.0 Å². The van der Waals surface area contributed by atoms with E-state index in [0.717, 1.165) is 4.68 Å². The number of aromatic nitrogens is 2. The van der Waals surface area contributed by atoms with E-state index in [2.05, 4.69) is 10.4 Å². The van der Waals surface area contributed by atoms with E-state index in [1.807, 2.05) is 13.0 Å². The highest BCUT2D eigenvalue weighted by Crippen LogP contribution is 2.26. The molecule has 0 aliphatic rings. The van der Waals surface area contributed by atoms with Crippen LogP contribution in [0.1, 0.15) is 12.7 Å². The Bertz CT molecular complexity index is 964. The number of carbonyl (C=O) groups excluding carboxylic acids is 1. The molecule has 0 radical (unpaired) electrons. The normalized spacial score (nSPS) is 10.6. The van der Waals surface area contributed by atoms with Crippen LogP contribution in [0.5, 0.6) is 11.5 Å². The molecule has 0 atom stereocenters. The van der Waals surface area contributed by atoms with Crippen molar-refractivity contribution >= 4 is 27.5 Å². The van der Waals surface area contributed by atoms with Crippen LogP contribution in [0.15, 0.2) is 40.5 Å². The largest absolute Gasteiger partial charge is 0.490 e. The molecule has 25 heavy (non-hydrogen) atoms. The van der Waals surface area contributed by atoms with Gasteiger partial charge in [-0.05, 0) is 37.4 Å². The summed E-state index contributed by atoms with van der Waals surface area (Å²) in [5.74, 6) is 0.971. The number of fused-ring (bicyclic) bond motifs is 1. The van der Waals surface area contributed by atoms with E-state index in [4.69, 9.17) is 9.47 Å². The zero-order valence-corrected chi connectivity index (χ0v) is 14.6. The summed E-state index contributed by atoms with van der Waals surface area (Å²) >= 11 is 1.38. The predicted octanol–water partition coefficient (Wildman–Crippen LogP) is 2.31. The topological polar surface area (TPSA) is 82.4 Å². The van der Waals surface area contributed by atoms with Crippen molar-refractivity contribution in [3.63, 3.8) is 0 Å². The number of aryl methyl sites for hydroxylation is 1.